The Hall–Kier alpha value is -2.72. The smallest absolute Gasteiger partial charge is 0.271 e. The molecule has 0 unspecified atom stereocenters. The number of hydrogen-bond acceptors (Lipinski definition) is 6. The molecule has 7 heteroatoms. The number of aryl methyl sites for hydroxylation is 1. The highest BCUT2D eigenvalue weighted by molar-refractivity contribution is 7.14. The summed E-state index contributed by atoms with van der Waals surface area (Å²) < 4.78 is 0. The molecule has 0 fully saturated rings. The minimum absolute atomic E-state index is 0.129. The Morgan fingerprint density at radius 1 is 1.57 bits per heavy atom. The first-order valence-electron chi connectivity index (χ1n) is 6.05. The summed E-state index contributed by atoms with van der Waals surface area (Å²) in [5, 5.41) is 17.4. The van der Waals surface area contributed by atoms with E-state index in [9.17, 15) is 4.79 Å². The molecule has 2 aromatic rings. The van der Waals surface area contributed by atoms with Crippen LogP contribution in [0.15, 0.2) is 34.8 Å². The zero-order valence-electron chi connectivity index (χ0n) is 11.2. The number of hydrogen-bond donors (Lipinski definition) is 1. The fourth-order valence-electron chi connectivity index (χ4n) is 1.50. The van der Waals surface area contributed by atoms with Gasteiger partial charge in [-0.3, -0.25) is 10.1 Å². The monoisotopic (exact) mass is 300 g/mol. The van der Waals surface area contributed by atoms with Gasteiger partial charge >= 0.3 is 0 Å². The second-order valence-electron chi connectivity index (χ2n) is 4.06. The number of nitrogens with zero attached hydrogens (tertiary/aromatic N) is 3. The predicted octanol–water partition coefficient (Wildman–Crippen LogP) is 2.46. The lowest BCUT2D eigenvalue weighted by Gasteiger charge is -2.01. The normalized spacial score (nSPS) is 10.3. The SMILES string of the molecule is Cc1csc(NC(=O)/C=N/OCc2ccccc2C#N)n1. The molecule has 0 aliphatic rings. The maximum absolute atomic E-state index is 11.5. The van der Waals surface area contributed by atoms with Crippen molar-refractivity contribution in [2.75, 3.05) is 5.32 Å². The largest absolute Gasteiger partial charge is 0.391 e. The summed E-state index contributed by atoms with van der Waals surface area (Å²) in [5.74, 6) is -0.419. The quantitative estimate of drug-likeness (QED) is 0.678. The van der Waals surface area contributed by atoms with Crippen molar-refractivity contribution >= 4 is 28.6 Å². The lowest BCUT2D eigenvalue weighted by atomic mass is 10.1. The second kappa shape index (κ2) is 7.17. The molecular weight excluding hydrogens is 288 g/mol. The van der Waals surface area contributed by atoms with E-state index in [2.05, 4.69) is 21.5 Å². The molecule has 0 aliphatic heterocycles. The van der Waals surface area contributed by atoms with Gasteiger partial charge in [0.15, 0.2) is 5.13 Å². The molecule has 0 atom stereocenters. The number of benzene rings is 1. The van der Waals surface area contributed by atoms with E-state index in [-0.39, 0.29) is 6.61 Å². The molecule has 1 N–H and O–H groups in total. The maximum atomic E-state index is 11.5. The van der Waals surface area contributed by atoms with E-state index in [4.69, 9.17) is 10.1 Å². The third kappa shape index (κ3) is 4.40. The van der Waals surface area contributed by atoms with Crippen molar-refractivity contribution in [1.29, 1.82) is 5.26 Å². The molecule has 1 aromatic carbocycles. The van der Waals surface area contributed by atoms with Crippen LogP contribution < -0.4 is 5.32 Å². The molecule has 0 aliphatic carbocycles. The molecule has 0 bridgehead atoms. The number of nitriles is 1. The van der Waals surface area contributed by atoms with Crippen molar-refractivity contribution in [2.45, 2.75) is 13.5 Å². The minimum Gasteiger partial charge on any atom is -0.391 e. The van der Waals surface area contributed by atoms with Crippen LogP contribution in [0.5, 0.6) is 0 Å². The van der Waals surface area contributed by atoms with Gasteiger partial charge in [0, 0.05) is 10.9 Å². The maximum Gasteiger partial charge on any atom is 0.271 e. The number of nitrogens with one attached hydrogen (secondary N) is 1. The van der Waals surface area contributed by atoms with E-state index >= 15 is 0 Å². The molecule has 1 heterocycles. The molecule has 0 saturated carbocycles. The average Bonchev–Trinajstić information content (AvgIpc) is 2.89. The Kier molecular flexibility index (Phi) is 5.01. The number of thiazole rings is 1. The fraction of sp³-hybridized carbons (Fsp3) is 0.143. The fourth-order valence-corrected chi connectivity index (χ4v) is 2.19. The topological polar surface area (TPSA) is 87.4 Å². The third-order valence-electron chi connectivity index (χ3n) is 2.45. The van der Waals surface area contributed by atoms with Crippen LogP contribution in [0.3, 0.4) is 0 Å². The van der Waals surface area contributed by atoms with E-state index < -0.39 is 5.91 Å². The van der Waals surface area contributed by atoms with Crippen molar-refractivity contribution in [3.05, 3.63) is 46.5 Å². The van der Waals surface area contributed by atoms with E-state index in [0.717, 1.165) is 11.9 Å². The van der Waals surface area contributed by atoms with Gasteiger partial charge in [-0.05, 0) is 13.0 Å². The summed E-state index contributed by atoms with van der Waals surface area (Å²) in [6, 6.07) is 9.11. The van der Waals surface area contributed by atoms with E-state index in [1.807, 2.05) is 12.3 Å². The van der Waals surface area contributed by atoms with E-state index in [0.29, 0.717) is 16.3 Å². The van der Waals surface area contributed by atoms with Crippen molar-refractivity contribution < 1.29 is 9.63 Å². The summed E-state index contributed by atoms with van der Waals surface area (Å²) >= 11 is 1.34. The van der Waals surface area contributed by atoms with Gasteiger partial charge in [0.25, 0.3) is 5.91 Å². The van der Waals surface area contributed by atoms with Gasteiger partial charge in [0.1, 0.15) is 12.8 Å². The van der Waals surface area contributed by atoms with Crippen LogP contribution in [0.2, 0.25) is 0 Å². The van der Waals surface area contributed by atoms with Gasteiger partial charge in [-0.2, -0.15) is 5.26 Å². The Morgan fingerprint density at radius 3 is 3.10 bits per heavy atom. The van der Waals surface area contributed by atoms with Gasteiger partial charge in [0.2, 0.25) is 0 Å². The van der Waals surface area contributed by atoms with Crippen LogP contribution in [0.1, 0.15) is 16.8 Å². The number of aromatic nitrogens is 1. The van der Waals surface area contributed by atoms with E-state index in [1.54, 1.807) is 24.3 Å². The Bertz CT molecular complexity index is 703. The predicted molar refractivity (Wildman–Crippen MR) is 79.9 cm³/mol. The number of carbonyl (C=O) groups is 1. The highest BCUT2D eigenvalue weighted by Gasteiger charge is 2.03. The minimum atomic E-state index is -0.419. The molecule has 21 heavy (non-hydrogen) atoms. The van der Waals surface area contributed by atoms with Crippen molar-refractivity contribution in [2.24, 2.45) is 5.16 Å². The number of anilines is 1. The van der Waals surface area contributed by atoms with Crippen LogP contribution in [0.4, 0.5) is 5.13 Å². The summed E-state index contributed by atoms with van der Waals surface area (Å²) in [4.78, 5) is 20.6. The second-order valence-corrected chi connectivity index (χ2v) is 4.92. The first-order chi connectivity index (χ1) is 10.2. The highest BCUT2D eigenvalue weighted by atomic mass is 32.1. The molecule has 0 radical (unpaired) electrons. The van der Waals surface area contributed by atoms with Crippen LogP contribution in [-0.4, -0.2) is 17.1 Å². The first-order valence-corrected chi connectivity index (χ1v) is 6.93. The van der Waals surface area contributed by atoms with E-state index in [1.165, 1.54) is 11.3 Å². The number of amides is 1. The molecule has 106 valence electrons. The van der Waals surface area contributed by atoms with Gasteiger partial charge in [0.05, 0.1) is 17.3 Å². The van der Waals surface area contributed by atoms with Gasteiger partial charge in [-0.25, -0.2) is 4.98 Å². The first kappa shape index (κ1) is 14.7. The lowest BCUT2D eigenvalue weighted by Crippen LogP contribution is -2.12. The van der Waals surface area contributed by atoms with Gasteiger partial charge < -0.3 is 4.84 Å². The Morgan fingerprint density at radius 2 is 2.38 bits per heavy atom. The standard InChI is InChI=1S/C14H12N4O2S/c1-10-9-21-14(17-10)18-13(19)7-16-20-8-12-5-3-2-4-11(12)6-15/h2-5,7,9H,8H2,1H3,(H,17,18,19)/b16-7+. The lowest BCUT2D eigenvalue weighted by molar-refractivity contribution is -0.110. The molecular formula is C14H12N4O2S. The van der Waals surface area contributed by atoms with Gasteiger partial charge in [-0.15, -0.1) is 11.3 Å². The molecule has 0 spiro atoms. The van der Waals surface area contributed by atoms with Crippen LogP contribution in [0.25, 0.3) is 0 Å². The number of carbonyl (C=O) groups excluding carboxylic acids is 1. The summed E-state index contributed by atoms with van der Waals surface area (Å²) in [6.45, 7) is 1.97. The Labute approximate surface area is 125 Å². The molecule has 1 amide bonds. The summed E-state index contributed by atoms with van der Waals surface area (Å²) in [6.07, 6.45) is 1.03. The van der Waals surface area contributed by atoms with Crippen molar-refractivity contribution in [3.63, 3.8) is 0 Å². The molecule has 1 aromatic heterocycles. The molecule has 0 saturated heterocycles. The Balaban J connectivity index is 1.82. The molecule has 2 rings (SSSR count). The number of rotatable bonds is 5. The summed E-state index contributed by atoms with van der Waals surface area (Å²) in [5.41, 5.74) is 2.08. The zero-order chi connectivity index (χ0) is 15.1. The van der Waals surface area contributed by atoms with Crippen LogP contribution in [0, 0.1) is 18.3 Å². The van der Waals surface area contributed by atoms with Gasteiger partial charge in [-0.1, -0.05) is 23.4 Å². The summed E-state index contributed by atoms with van der Waals surface area (Å²) in [7, 11) is 0. The molecule has 6 nitrogen and oxygen atoms in total. The average molecular weight is 300 g/mol. The van der Waals surface area contributed by atoms with Crippen LogP contribution in [-0.2, 0) is 16.2 Å². The van der Waals surface area contributed by atoms with Crippen molar-refractivity contribution in [1.82, 2.24) is 4.98 Å². The third-order valence-corrected chi connectivity index (χ3v) is 3.33. The van der Waals surface area contributed by atoms with Crippen molar-refractivity contribution in [3.8, 4) is 6.07 Å². The number of oxime groups is 1. The zero-order valence-corrected chi connectivity index (χ0v) is 12.1. The van der Waals surface area contributed by atoms with Crippen LogP contribution >= 0.6 is 11.3 Å². The highest BCUT2D eigenvalue weighted by Crippen LogP contribution is 2.13.